The molecule has 4 rings (SSSR count). The highest BCUT2D eigenvalue weighted by Gasteiger charge is 2.35. The maximum absolute atomic E-state index is 14.2. The van der Waals surface area contributed by atoms with Crippen LogP contribution in [-0.2, 0) is 0 Å². The van der Waals surface area contributed by atoms with Crippen LogP contribution in [-0.4, -0.2) is 32.4 Å². The number of nitrogens with zero attached hydrogens (tertiary/aromatic N) is 5. The van der Waals surface area contributed by atoms with Crippen molar-refractivity contribution in [2.75, 3.05) is 17.2 Å². The van der Waals surface area contributed by atoms with Crippen LogP contribution in [0.15, 0.2) is 30.5 Å². The number of halogens is 2. The molecule has 26 heavy (non-hydrogen) atoms. The highest BCUT2D eigenvalue weighted by Crippen LogP contribution is 2.37. The summed E-state index contributed by atoms with van der Waals surface area (Å²) in [5.74, 6) is -0.630. The summed E-state index contributed by atoms with van der Waals surface area (Å²) in [7, 11) is 0. The first kappa shape index (κ1) is 16.2. The van der Waals surface area contributed by atoms with Crippen molar-refractivity contribution in [3.63, 3.8) is 0 Å². The minimum Gasteiger partial charge on any atom is -0.391 e. The van der Waals surface area contributed by atoms with Crippen LogP contribution in [0.2, 0.25) is 0 Å². The third kappa shape index (κ3) is 2.51. The van der Waals surface area contributed by atoms with E-state index in [-0.39, 0.29) is 35.6 Å². The van der Waals surface area contributed by atoms with Crippen molar-refractivity contribution in [1.29, 1.82) is 5.26 Å². The molecule has 2 atom stereocenters. The molecule has 0 bridgehead atoms. The van der Waals surface area contributed by atoms with E-state index in [9.17, 15) is 19.1 Å². The average Bonchev–Trinajstić information content (AvgIpc) is 3.15. The number of anilines is 2. The molecule has 3 aromatic rings. The van der Waals surface area contributed by atoms with Crippen molar-refractivity contribution in [2.24, 2.45) is 0 Å². The van der Waals surface area contributed by atoms with Crippen LogP contribution in [0.5, 0.6) is 0 Å². The second kappa shape index (κ2) is 5.93. The molecule has 0 aliphatic carbocycles. The highest BCUT2D eigenvalue weighted by atomic mass is 19.1. The van der Waals surface area contributed by atoms with Gasteiger partial charge in [0.05, 0.1) is 12.1 Å². The molecule has 3 N–H and O–H groups in total. The van der Waals surface area contributed by atoms with Crippen LogP contribution in [0.4, 0.5) is 20.4 Å². The topological polar surface area (TPSA) is 103 Å². The average molecular weight is 356 g/mol. The summed E-state index contributed by atoms with van der Waals surface area (Å²) in [6.45, 7) is 0.204. The van der Waals surface area contributed by atoms with Crippen LogP contribution in [0, 0.1) is 23.0 Å². The number of nitrogens with two attached hydrogens (primary N) is 1. The van der Waals surface area contributed by atoms with Gasteiger partial charge in [0.15, 0.2) is 11.5 Å². The largest absolute Gasteiger partial charge is 0.391 e. The number of aromatic nitrogens is 3. The van der Waals surface area contributed by atoms with Gasteiger partial charge in [-0.2, -0.15) is 5.26 Å². The molecule has 0 amide bonds. The molecule has 2 unspecified atom stereocenters. The van der Waals surface area contributed by atoms with Gasteiger partial charge in [-0.05, 0) is 30.7 Å². The molecule has 3 heterocycles. The van der Waals surface area contributed by atoms with Crippen LogP contribution < -0.4 is 10.6 Å². The smallest absolute Gasteiger partial charge is 0.177 e. The number of nitrogen functional groups attached to an aromatic ring is 1. The molecular weight excluding hydrogens is 342 g/mol. The summed E-state index contributed by atoms with van der Waals surface area (Å²) in [6, 6.07) is 6.24. The molecule has 9 heteroatoms. The highest BCUT2D eigenvalue weighted by molar-refractivity contribution is 5.67. The van der Waals surface area contributed by atoms with E-state index in [0.29, 0.717) is 5.82 Å². The number of β-amino-alcohol motifs (C(OH)–C–C–N with tert-alkyl or cyclic N) is 1. The lowest BCUT2D eigenvalue weighted by Gasteiger charge is -2.26. The Morgan fingerprint density at radius 3 is 2.88 bits per heavy atom. The van der Waals surface area contributed by atoms with E-state index in [1.807, 2.05) is 6.07 Å². The zero-order chi connectivity index (χ0) is 18.4. The maximum Gasteiger partial charge on any atom is 0.177 e. The van der Waals surface area contributed by atoms with Crippen molar-refractivity contribution in [3.05, 3.63) is 53.2 Å². The van der Waals surface area contributed by atoms with E-state index in [4.69, 9.17) is 5.73 Å². The monoisotopic (exact) mass is 356 g/mol. The Morgan fingerprint density at radius 1 is 1.31 bits per heavy atom. The van der Waals surface area contributed by atoms with Gasteiger partial charge in [-0.25, -0.2) is 18.3 Å². The minimum absolute atomic E-state index is 0.0614. The van der Waals surface area contributed by atoms with Gasteiger partial charge in [0, 0.05) is 18.3 Å². The lowest BCUT2D eigenvalue weighted by atomic mass is 10.0. The first-order valence-electron chi connectivity index (χ1n) is 7.92. The normalized spacial score (nSPS) is 19.8. The van der Waals surface area contributed by atoms with Crippen LogP contribution in [0.1, 0.15) is 23.6 Å². The van der Waals surface area contributed by atoms with E-state index < -0.39 is 23.8 Å². The molecule has 2 aromatic heterocycles. The summed E-state index contributed by atoms with van der Waals surface area (Å²) in [4.78, 5) is 6.10. The van der Waals surface area contributed by atoms with Gasteiger partial charge in [-0.3, -0.25) is 0 Å². The third-order valence-electron chi connectivity index (χ3n) is 4.50. The summed E-state index contributed by atoms with van der Waals surface area (Å²) in [5, 5.41) is 23.3. The zero-order valence-electron chi connectivity index (χ0n) is 13.5. The van der Waals surface area contributed by atoms with Gasteiger partial charge in [-0.1, -0.05) is 0 Å². The Labute approximate surface area is 146 Å². The van der Waals surface area contributed by atoms with E-state index in [1.165, 1.54) is 4.52 Å². The number of hydrogen-bond acceptors (Lipinski definition) is 6. The summed E-state index contributed by atoms with van der Waals surface area (Å²) >= 11 is 0. The first-order valence-corrected chi connectivity index (χ1v) is 7.92. The Kier molecular flexibility index (Phi) is 3.70. The fourth-order valence-electron chi connectivity index (χ4n) is 3.34. The van der Waals surface area contributed by atoms with Crippen molar-refractivity contribution < 1.29 is 13.9 Å². The number of hydrogen-bond donors (Lipinski definition) is 2. The second-order valence-electron chi connectivity index (χ2n) is 6.15. The summed E-state index contributed by atoms with van der Waals surface area (Å²) < 4.78 is 29.2. The van der Waals surface area contributed by atoms with E-state index in [1.54, 1.807) is 17.2 Å². The van der Waals surface area contributed by atoms with E-state index in [0.717, 1.165) is 18.2 Å². The fourth-order valence-corrected chi connectivity index (χ4v) is 3.34. The molecule has 0 radical (unpaired) electrons. The van der Waals surface area contributed by atoms with Gasteiger partial charge < -0.3 is 15.7 Å². The first-order chi connectivity index (χ1) is 12.5. The molecule has 1 aliphatic heterocycles. The van der Waals surface area contributed by atoms with Crippen molar-refractivity contribution >= 4 is 17.3 Å². The standard InChI is InChI=1S/C17H14F2N6O/c18-9-1-2-13(19)11(5-9)14-6-10(26)8-24(14)15-3-4-25-17(22-15)12(7-20)16(21)23-25/h1-5,10,14,26H,6,8H2,(H2,21,23). The molecular formula is C17H14F2N6O. The number of nitriles is 1. The van der Waals surface area contributed by atoms with Crippen LogP contribution in [0.25, 0.3) is 5.65 Å². The SMILES string of the molecule is N#Cc1c(N)nn2ccc(N3CC(O)CC3c3cc(F)ccc3F)nc12. The fraction of sp³-hybridized carbons (Fsp3) is 0.235. The quantitative estimate of drug-likeness (QED) is 0.725. The lowest BCUT2D eigenvalue weighted by Crippen LogP contribution is -2.26. The molecule has 132 valence electrons. The van der Waals surface area contributed by atoms with Gasteiger partial charge in [0.2, 0.25) is 0 Å². The second-order valence-corrected chi connectivity index (χ2v) is 6.15. The van der Waals surface area contributed by atoms with Gasteiger partial charge in [-0.15, -0.1) is 5.10 Å². The third-order valence-corrected chi connectivity index (χ3v) is 4.50. The Hall–Kier alpha value is -3.25. The molecule has 1 aromatic carbocycles. The minimum atomic E-state index is -0.717. The van der Waals surface area contributed by atoms with Crippen LogP contribution >= 0.6 is 0 Å². The Balaban J connectivity index is 1.81. The Bertz CT molecular complexity index is 1040. The lowest BCUT2D eigenvalue weighted by molar-refractivity contribution is 0.194. The van der Waals surface area contributed by atoms with Gasteiger partial charge in [0.25, 0.3) is 0 Å². The molecule has 1 aliphatic rings. The predicted octanol–water partition coefficient (Wildman–Crippen LogP) is 1.77. The molecule has 1 fully saturated rings. The van der Waals surface area contributed by atoms with Gasteiger partial charge in [0.1, 0.15) is 29.1 Å². The molecule has 0 spiro atoms. The summed E-state index contributed by atoms with van der Waals surface area (Å²) in [6.07, 6.45) is 1.10. The number of aliphatic hydroxyl groups is 1. The summed E-state index contributed by atoms with van der Waals surface area (Å²) in [5.41, 5.74) is 6.26. The van der Waals surface area contributed by atoms with Gasteiger partial charge >= 0.3 is 0 Å². The van der Waals surface area contributed by atoms with Crippen molar-refractivity contribution in [2.45, 2.75) is 18.6 Å². The Morgan fingerprint density at radius 2 is 2.12 bits per heavy atom. The maximum atomic E-state index is 14.2. The van der Waals surface area contributed by atoms with Crippen molar-refractivity contribution in [1.82, 2.24) is 14.6 Å². The predicted molar refractivity (Wildman–Crippen MR) is 89.2 cm³/mol. The van der Waals surface area contributed by atoms with Crippen molar-refractivity contribution in [3.8, 4) is 6.07 Å². The number of benzene rings is 1. The van der Waals surface area contributed by atoms with E-state index >= 15 is 0 Å². The zero-order valence-corrected chi connectivity index (χ0v) is 13.5. The van der Waals surface area contributed by atoms with Crippen LogP contribution in [0.3, 0.4) is 0 Å². The molecule has 1 saturated heterocycles. The van der Waals surface area contributed by atoms with E-state index in [2.05, 4.69) is 10.1 Å². The molecule has 0 saturated carbocycles. The number of fused-ring (bicyclic) bond motifs is 1. The number of aliphatic hydroxyl groups excluding tert-OH is 1. The molecule has 7 nitrogen and oxygen atoms in total. The number of rotatable bonds is 2.